The molecule has 1 heterocycles. The zero-order valence-corrected chi connectivity index (χ0v) is 11.2. The highest BCUT2D eigenvalue weighted by molar-refractivity contribution is 5.89. The molecule has 1 unspecified atom stereocenters. The van der Waals surface area contributed by atoms with E-state index in [9.17, 15) is 4.79 Å². The van der Waals surface area contributed by atoms with Gasteiger partial charge in [-0.25, -0.2) is 0 Å². The van der Waals surface area contributed by atoms with Gasteiger partial charge >= 0.3 is 0 Å². The van der Waals surface area contributed by atoms with E-state index in [0.717, 1.165) is 17.7 Å². The van der Waals surface area contributed by atoms with Crippen LogP contribution in [0.2, 0.25) is 0 Å². The maximum atomic E-state index is 13.0. The van der Waals surface area contributed by atoms with Gasteiger partial charge in [0.05, 0.1) is 6.61 Å². The van der Waals surface area contributed by atoms with Crippen LogP contribution in [-0.2, 0) is 4.79 Å². The molecular formula is C17H20O2. The molecule has 0 spiro atoms. The standard InChI is InChI=1S/C17H20O2/c18-17(16(11-5-6-11)12-7-8-12)14-9-10-19-15-4-2-1-3-13(14)15/h1-4,11-12,14,16H,5-10H2. The van der Waals surface area contributed by atoms with Crippen LogP contribution in [0, 0.1) is 17.8 Å². The van der Waals surface area contributed by atoms with Crippen molar-refractivity contribution in [2.24, 2.45) is 17.8 Å². The van der Waals surface area contributed by atoms with E-state index in [1.165, 1.54) is 25.7 Å². The van der Waals surface area contributed by atoms with Crippen LogP contribution in [0.15, 0.2) is 24.3 Å². The Bertz CT molecular complexity index is 488. The first-order valence-corrected chi connectivity index (χ1v) is 7.60. The fourth-order valence-corrected chi connectivity index (χ4v) is 3.63. The van der Waals surface area contributed by atoms with E-state index < -0.39 is 0 Å². The molecule has 2 saturated carbocycles. The molecule has 1 atom stereocenters. The second-order valence-electron chi connectivity index (χ2n) is 6.33. The number of carbonyl (C=O) groups excluding carboxylic acids is 1. The van der Waals surface area contributed by atoms with Gasteiger partial charge in [-0.15, -0.1) is 0 Å². The molecule has 1 aliphatic heterocycles. The van der Waals surface area contributed by atoms with Gasteiger partial charge in [-0.2, -0.15) is 0 Å². The van der Waals surface area contributed by atoms with E-state index in [1.54, 1.807) is 0 Å². The van der Waals surface area contributed by atoms with Crippen LogP contribution in [0.25, 0.3) is 0 Å². The van der Waals surface area contributed by atoms with Gasteiger partial charge in [0.2, 0.25) is 0 Å². The maximum absolute atomic E-state index is 13.0. The average Bonchev–Trinajstić information content (AvgIpc) is 3.32. The van der Waals surface area contributed by atoms with Gasteiger partial charge in [0, 0.05) is 17.4 Å². The third kappa shape index (κ3) is 2.07. The molecule has 0 saturated heterocycles. The number of carbonyl (C=O) groups is 1. The third-order valence-corrected chi connectivity index (χ3v) is 4.89. The fraction of sp³-hybridized carbons (Fsp3) is 0.588. The highest BCUT2D eigenvalue weighted by atomic mass is 16.5. The number of ether oxygens (including phenoxy) is 1. The Balaban J connectivity index is 1.63. The van der Waals surface area contributed by atoms with E-state index in [1.807, 2.05) is 18.2 Å². The molecule has 0 aromatic heterocycles. The molecule has 4 rings (SSSR count). The van der Waals surface area contributed by atoms with Crippen molar-refractivity contribution in [2.75, 3.05) is 6.61 Å². The van der Waals surface area contributed by atoms with Crippen LogP contribution in [0.1, 0.15) is 43.6 Å². The van der Waals surface area contributed by atoms with Crippen molar-refractivity contribution in [3.05, 3.63) is 29.8 Å². The maximum Gasteiger partial charge on any atom is 0.144 e. The minimum absolute atomic E-state index is 0.0937. The molecular weight excluding hydrogens is 236 g/mol. The van der Waals surface area contributed by atoms with Crippen molar-refractivity contribution in [3.63, 3.8) is 0 Å². The Kier molecular flexibility index (Phi) is 2.64. The highest BCUT2D eigenvalue weighted by Gasteiger charge is 2.47. The number of ketones is 1. The van der Waals surface area contributed by atoms with Gasteiger partial charge in [0.25, 0.3) is 0 Å². The van der Waals surface area contributed by atoms with E-state index in [4.69, 9.17) is 4.74 Å². The summed E-state index contributed by atoms with van der Waals surface area (Å²) in [5.74, 6) is 3.30. The molecule has 2 aliphatic carbocycles. The lowest BCUT2D eigenvalue weighted by Crippen LogP contribution is -2.29. The molecule has 100 valence electrons. The van der Waals surface area contributed by atoms with E-state index in [-0.39, 0.29) is 5.92 Å². The Labute approximate surface area is 114 Å². The van der Waals surface area contributed by atoms with Crippen molar-refractivity contribution in [1.82, 2.24) is 0 Å². The smallest absolute Gasteiger partial charge is 0.144 e. The first kappa shape index (κ1) is 11.5. The highest BCUT2D eigenvalue weighted by Crippen LogP contribution is 2.52. The SMILES string of the molecule is O=C(C1CCOc2ccccc21)C(C1CC1)C1CC1. The Hall–Kier alpha value is -1.31. The summed E-state index contributed by atoms with van der Waals surface area (Å²) in [5.41, 5.74) is 1.13. The normalized spacial score (nSPS) is 25.8. The van der Waals surface area contributed by atoms with Gasteiger partial charge in [-0.3, -0.25) is 4.79 Å². The van der Waals surface area contributed by atoms with Crippen LogP contribution in [0.3, 0.4) is 0 Å². The van der Waals surface area contributed by atoms with Crippen LogP contribution >= 0.6 is 0 Å². The Morgan fingerprint density at radius 3 is 2.42 bits per heavy atom. The predicted molar refractivity (Wildman–Crippen MR) is 73.2 cm³/mol. The predicted octanol–water partition coefficient (Wildman–Crippen LogP) is 3.56. The van der Waals surface area contributed by atoms with Crippen molar-refractivity contribution in [2.45, 2.75) is 38.0 Å². The van der Waals surface area contributed by atoms with Gasteiger partial charge in [0.15, 0.2) is 0 Å². The molecule has 0 bridgehead atoms. The van der Waals surface area contributed by atoms with Gasteiger partial charge in [-0.1, -0.05) is 18.2 Å². The molecule has 19 heavy (non-hydrogen) atoms. The van der Waals surface area contributed by atoms with Gasteiger partial charge in [-0.05, 0) is 50.0 Å². The zero-order valence-electron chi connectivity index (χ0n) is 11.2. The largest absolute Gasteiger partial charge is 0.493 e. The van der Waals surface area contributed by atoms with Crippen LogP contribution < -0.4 is 4.74 Å². The topological polar surface area (TPSA) is 26.3 Å². The van der Waals surface area contributed by atoms with Crippen molar-refractivity contribution in [1.29, 1.82) is 0 Å². The third-order valence-electron chi connectivity index (χ3n) is 4.89. The summed E-state index contributed by atoms with van der Waals surface area (Å²) in [6.07, 6.45) is 5.97. The van der Waals surface area contributed by atoms with E-state index in [2.05, 4.69) is 6.07 Å². The second kappa shape index (κ2) is 4.36. The van der Waals surface area contributed by atoms with Crippen molar-refractivity contribution >= 4 is 5.78 Å². The molecule has 1 aromatic carbocycles. The Morgan fingerprint density at radius 2 is 1.74 bits per heavy atom. The summed E-state index contributed by atoms with van der Waals surface area (Å²) >= 11 is 0. The summed E-state index contributed by atoms with van der Waals surface area (Å²) in [5, 5.41) is 0. The van der Waals surface area contributed by atoms with Gasteiger partial charge in [0.1, 0.15) is 11.5 Å². The molecule has 0 N–H and O–H groups in total. The van der Waals surface area contributed by atoms with Crippen molar-refractivity contribution < 1.29 is 9.53 Å². The summed E-state index contributed by atoms with van der Waals surface area (Å²) in [6.45, 7) is 0.690. The monoisotopic (exact) mass is 256 g/mol. The average molecular weight is 256 g/mol. The minimum atomic E-state index is 0.0937. The summed E-state index contributed by atoms with van der Waals surface area (Å²) < 4.78 is 5.68. The molecule has 0 amide bonds. The van der Waals surface area contributed by atoms with E-state index >= 15 is 0 Å². The van der Waals surface area contributed by atoms with E-state index in [0.29, 0.717) is 30.1 Å². The number of benzene rings is 1. The first-order chi connectivity index (χ1) is 9.34. The van der Waals surface area contributed by atoms with Crippen molar-refractivity contribution in [3.8, 4) is 5.75 Å². The number of hydrogen-bond donors (Lipinski definition) is 0. The Morgan fingerprint density at radius 1 is 1.05 bits per heavy atom. The number of hydrogen-bond acceptors (Lipinski definition) is 2. The lowest BCUT2D eigenvalue weighted by Gasteiger charge is -2.28. The molecule has 2 nitrogen and oxygen atoms in total. The molecule has 2 heteroatoms. The number of fused-ring (bicyclic) bond motifs is 1. The summed E-state index contributed by atoms with van der Waals surface area (Å²) in [4.78, 5) is 13.0. The number of Topliss-reactive ketones (excluding diaryl/α,β-unsaturated/α-hetero) is 1. The zero-order chi connectivity index (χ0) is 12.8. The quantitative estimate of drug-likeness (QED) is 0.823. The fourth-order valence-electron chi connectivity index (χ4n) is 3.63. The lowest BCUT2D eigenvalue weighted by molar-refractivity contribution is -0.126. The van der Waals surface area contributed by atoms with Crippen LogP contribution in [0.5, 0.6) is 5.75 Å². The number of rotatable bonds is 4. The van der Waals surface area contributed by atoms with Crippen LogP contribution in [0.4, 0.5) is 0 Å². The number of para-hydroxylation sites is 1. The minimum Gasteiger partial charge on any atom is -0.493 e. The molecule has 3 aliphatic rings. The first-order valence-electron chi connectivity index (χ1n) is 7.60. The molecule has 1 aromatic rings. The lowest BCUT2D eigenvalue weighted by atomic mass is 9.80. The summed E-state index contributed by atoms with van der Waals surface area (Å²) in [6, 6.07) is 8.09. The molecule has 2 fully saturated rings. The molecule has 0 radical (unpaired) electrons. The summed E-state index contributed by atoms with van der Waals surface area (Å²) in [7, 11) is 0. The van der Waals surface area contributed by atoms with Gasteiger partial charge < -0.3 is 4.74 Å². The second-order valence-corrected chi connectivity index (χ2v) is 6.33. The van der Waals surface area contributed by atoms with Crippen LogP contribution in [-0.4, -0.2) is 12.4 Å².